The summed E-state index contributed by atoms with van der Waals surface area (Å²) < 4.78 is 5.96. The smallest absolute Gasteiger partial charge is 0.193 e. The molecule has 0 aliphatic carbocycles. The number of imidazole rings is 1. The maximum absolute atomic E-state index is 5.62. The summed E-state index contributed by atoms with van der Waals surface area (Å²) >= 11 is 3.00. The van der Waals surface area contributed by atoms with Crippen LogP contribution in [0.5, 0.6) is 0 Å². The summed E-state index contributed by atoms with van der Waals surface area (Å²) in [4.78, 5) is 6.61. The maximum atomic E-state index is 5.62. The number of hydrogen-bond acceptors (Lipinski definition) is 7. The molecule has 0 fully saturated rings. The van der Waals surface area contributed by atoms with E-state index in [9.17, 15) is 0 Å². The van der Waals surface area contributed by atoms with Gasteiger partial charge in [-0.25, -0.2) is 4.98 Å². The number of fused-ring (bicyclic) bond motifs is 1. The van der Waals surface area contributed by atoms with Crippen molar-refractivity contribution in [3.8, 4) is 0 Å². The topological polar surface area (TPSA) is 81.1 Å². The van der Waals surface area contributed by atoms with Gasteiger partial charge in [-0.05, 0) is 18.5 Å². The predicted molar refractivity (Wildman–Crippen MR) is 71.5 cm³/mol. The van der Waals surface area contributed by atoms with Crippen molar-refractivity contribution in [2.24, 2.45) is 5.84 Å². The maximum Gasteiger partial charge on any atom is 0.193 e. The van der Waals surface area contributed by atoms with Crippen LogP contribution in [-0.2, 0) is 6.42 Å². The van der Waals surface area contributed by atoms with E-state index in [0.29, 0.717) is 0 Å². The summed E-state index contributed by atoms with van der Waals surface area (Å²) in [7, 11) is 0. The minimum atomic E-state index is 0.00889. The van der Waals surface area contributed by atoms with Crippen LogP contribution in [0.1, 0.15) is 22.3 Å². The van der Waals surface area contributed by atoms with E-state index in [1.54, 1.807) is 11.3 Å². The van der Waals surface area contributed by atoms with Crippen molar-refractivity contribution in [1.82, 2.24) is 24.4 Å². The van der Waals surface area contributed by atoms with Gasteiger partial charge >= 0.3 is 0 Å². The van der Waals surface area contributed by atoms with Gasteiger partial charge < -0.3 is 0 Å². The first-order chi connectivity index (χ1) is 8.78. The second-order valence-corrected chi connectivity index (χ2v) is 5.63. The molecular weight excluding hydrogens is 268 g/mol. The van der Waals surface area contributed by atoms with Crippen LogP contribution < -0.4 is 11.3 Å². The summed E-state index contributed by atoms with van der Waals surface area (Å²) in [6.45, 7) is 1.94. The van der Waals surface area contributed by atoms with Crippen LogP contribution in [-0.4, -0.2) is 19.0 Å². The van der Waals surface area contributed by atoms with E-state index in [2.05, 4.69) is 20.0 Å². The zero-order chi connectivity index (χ0) is 12.5. The molecule has 1 unspecified atom stereocenters. The molecule has 8 heteroatoms. The largest absolute Gasteiger partial charge is 0.297 e. The lowest BCUT2D eigenvalue weighted by molar-refractivity contribution is 0.552. The van der Waals surface area contributed by atoms with Crippen LogP contribution in [0.2, 0.25) is 0 Å². The van der Waals surface area contributed by atoms with Crippen LogP contribution in [0.4, 0.5) is 0 Å². The average Bonchev–Trinajstić information content (AvgIpc) is 3.01. The number of aromatic nitrogens is 4. The average molecular weight is 280 g/mol. The second kappa shape index (κ2) is 4.73. The van der Waals surface area contributed by atoms with Crippen molar-refractivity contribution in [2.75, 3.05) is 0 Å². The van der Waals surface area contributed by atoms with Gasteiger partial charge in [-0.1, -0.05) is 4.49 Å². The van der Waals surface area contributed by atoms with E-state index < -0.39 is 0 Å². The monoisotopic (exact) mass is 280 g/mol. The van der Waals surface area contributed by atoms with Crippen LogP contribution in [0.15, 0.2) is 17.8 Å². The molecule has 0 aliphatic rings. The third-order valence-corrected chi connectivity index (χ3v) is 4.47. The van der Waals surface area contributed by atoms with Gasteiger partial charge in [0.15, 0.2) is 4.96 Å². The molecule has 3 N–H and O–H groups in total. The normalized spacial score (nSPS) is 13.2. The number of thiazole rings is 1. The van der Waals surface area contributed by atoms with Crippen molar-refractivity contribution in [1.29, 1.82) is 0 Å². The number of nitrogens with two attached hydrogens (primary N) is 1. The number of nitrogens with one attached hydrogen (secondary N) is 1. The standard InChI is InChI=1S/C10H12N6S2/c1-6-9(18-15-14-6)8(13-11)4-7-5-16-2-3-17-10(16)12-7/h2-3,5,8,13H,4,11H2,1H3. The Morgan fingerprint density at radius 2 is 2.44 bits per heavy atom. The van der Waals surface area contributed by atoms with Gasteiger partial charge in [0.05, 0.1) is 22.3 Å². The Balaban J connectivity index is 1.86. The van der Waals surface area contributed by atoms with Crippen molar-refractivity contribution in [3.63, 3.8) is 0 Å². The van der Waals surface area contributed by atoms with Gasteiger partial charge in [-0.15, -0.1) is 16.4 Å². The molecule has 3 aromatic heterocycles. The van der Waals surface area contributed by atoms with Crippen molar-refractivity contribution in [2.45, 2.75) is 19.4 Å². The number of rotatable bonds is 4. The third-order valence-electron chi connectivity index (χ3n) is 2.76. The SMILES string of the molecule is Cc1nnsc1C(Cc1cn2ccsc2n1)NN. The van der Waals surface area contributed by atoms with Gasteiger partial charge in [-0.3, -0.25) is 15.7 Å². The molecule has 3 rings (SSSR count). The third kappa shape index (κ3) is 2.03. The lowest BCUT2D eigenvalue weighted by atomic mass is 10.1. The van der Waals surface area contributed by atoms with Crippen molar-refractivity contribution in [3.05, 3.63) is 34.0 Å². The minimum absolute atomic E-state index is 0.00889. The lowest BCUT2D eigenvalue weighted by Gasteiger charge is -2.12. The molecule has 3 aromatic rings. The quantitative estimate of drug-likeness (QED) is 0.556. The Hall–Kier alpha value is -1.35. The van der Waals surface area contributed by atoms with Crippen LogP contribution in [0.3, 0.4) is 0 Å². The summed E-state index contributed by atoms with van der Waals surface area (Å²) in [6.07, 6.45) is 4.76. The molecule has 3 heterocycles. The van der Waals surface area contributed by atoms with Gasteiger partial charge in [0.1, 0.15) is 0 Å². The highest BCUT2D eigenvalue weighted by molar-refractivity contribution is 7.15. The van der Waals surface area contributed by atoms with E-state index in [1.807, 2.05) is 29.1 Å². The Labute approximate surface area is 112 Å². The highest BCUT2D eigenvalue weighted by atomic mass is 32.1. The summed E-state index contributed by atoms with van der Waals surface area (Å²) in [5, 5.41) is 6.03. The molecule has 0 saturated heterocycles. The summed E-state index contributed by atoms with van der Waals surface area (Å²) in [5.74, 6) is 5.62. The van der Waals surface area contributed by atoms with Crippen molar-refractivity contribution >= 4 is 27.8 Å². The summed E-state index contributed by atoms with van der Waals surface area (Å²) in [6, 6.07) is 0.00889. The number of hydrazine groups is 1. The second-order valence-electron chi connectivity index (χ2n) is 3.97. The van der Waals surface area contributed by atoms with E-state index in [1.165, 1.54) is 11.5 Å². The fourth-order valence-corrected chi connectivity index (χ4v) is 3.29. The van der Waals surface area contributed by atoms with E-state index in [4.69, 9.17) is 5.84 Å². The first-order valence-electron chi connectivity index (χ1n) is 5.44. The molecule has 0 saturated carbocycles. The minimum Gasteiger partial charge on any atom is -0.297 e. The van der Waals surface area contributed by atoms with E-state index in [0.717, 1.165) is 27.6 Å². The fourth-order valence-electron chi connectivity index (χ4n) is 1.87. The molecule has 6 nitrogen and oxygen atoms in total. The molecule has 0 bridgehead atoms. The zero-order valence-electron chi connectivity index (χ0n) is 9.70. The van der Waals surface area contributed by atoms with Gasteiger partial charge in [0.25, 0.3) is 0 Å². The highest BCUT2D eigenvalue weighted by Crippen LogP contribution is 2.23. The molecule has 1 atom stereocenters. The number of nitrogens with zero attached hydrogens (tertiary/aromatic N) is 4. The predicted octanol–water partition coefficient (Wildman–Crippen LogP) is 1.30. The molecule has 0 spiro atoms. The molecule has 0 radical (unpaired) electrons. The first kappa shape index (κ1) is 11.7. The number of aryl methyl sites for hydroxylation is 1. The Kier molecular flexibility index (Phi) is 3.08. The van der Waals surface area contributed by atoms with Crippen molar-refractivity contribution < 1.29 is 0 Å². The summed E-state index contributed by atoms with van der Waals surface area (Å²) in [5.41, 5.74) is 4.75. The first-order valence-corrected chi connectivity index (χ1v) is 7.09. The molecule has 94 valence electrons. The Morgan fingerprint density at radius 1 is 1.56 bits per heavy atom. The zero-order valence-corrected chi connectivity index (χ0v) is 11.3. The van der Waals surface area contributed by atoms with E-state index in [-0.39, 0.29) is 6.04 Å². The highest BCUT2D eigenvalue weighted by Gasteiger charge is 2.18. The molecule has 0 aromatic carbocycles. The van der Waals surface area contributed by atoms with Gasteiger partial charge in [0.2, 0.25) is 0 Å². The van der Waals surface area contributed by atoms with Crippen LogP contribution in [0.25, 0.3) is 4.96 Å². The molecule has 0 aliphatic heterocycles. The lowest BCUT2D eigenvalue weighted by Crippen LogP contribution is -2.29. The molecule has 0 amide bonds. The molecular formula is C10H12N6S2. The number of hydrogen-bond donors (Lipinski definition) is 2. The van der Waals surface area contributed by atoms with Gasteiger partial charge in [0, 0.05) is 24.2 Å². The van der Waals surface area contributed by atoms with E-state index >= 15 is 0 Å². The Bertz CT molecular complexity index is 625. The van der Waals surface area contributed by atoms with Crippen LogP contribution >= 0.6 is 22.9 Å². The molecule has 18 heavy (non-hydrogen) atoms. The Morgan fingerprint density at radius 3 is 3.11 bits per heavy atom. The van der Waals surface area contributed by atoms with Crippen LogP contribution in [0, 0.1) is 6.92 Å². The fraction of sp³-hybridized carbons (Fsp3) is 0.300. The van der Waals surface area contributed by atoms with Gasteiger partial charge in [-0.2, -0.15) is 0 Å².